The van der Waals surface area contributed by atoms with Crippen LogP contribution in [0.2, 0.25) is 0 Å². The number of aliphatic hydroxyl groups excluding tert-OH is 11. The summed E-state index contributed by atoms with van der Waals surface area (Å²) in [7, 11) is 0. The summed E-state index contributed by atoms with van der Waals surface area (Å²) in [6.45, 7) is 1.71. The van der Waals surface area contributed by atoms with Gasteiger partial charge >= 0.3 is 0 Å². The van der Waals surface area contributed by atoms with Crippen LogP contribution in [0.5, 0.6) is 0 Å². The predicted molar refractivity (Wildman–Crippen MR) is 351 cm³/mol. The number of nitrogens with one attached hydrogen (secondary N) is 1. The average Bonchev–Trinajstić information content (AvgIpc) is 0.866. The second-order valence-electron chi connectivity index (χ2n) is 25.7. The highest BCUT2D eigenvalue weighted by Crippen LogP contribution is 2.33. The van der Waals surface area contributed by atoms with E-state index in [1.807, 2.05) is 6.08 Å². The van der Waals surface area contributed by atoms with Crippen molar-refractivity contribution in [2.75, 3.05) is 26.4 Å². The number of ether oxygens (including phenoxy) is 6. The van der Waals surface area contributed by atoms with Crippen LogP contribution >= 0.6 is 0 Å². The van der Waals surface area contributed by atoms with Crippen molar-refractivity contribution in [1.82, 2.24) is 5.32 Å². The molecule has 3 aliphatic heterocycles. The van der Waals surface area contributed by atoms with Gasteiger partial charge in [0.25, 0.3) is 0 Å². The van der Waals surface area contributed by atoms with Crippen molar-refractivity contribution in [3.8, 4) is 0 Å². The van der Waals surface area contributed by atoms with Crippen LogP contribution < -0.4 is 5.32 Å². The van der Waals surface area contributed by atoms with Crippen molar-refractivity contribution in [2.45, 2.75) is 369 Å². The molecule has 1 amide bonds. The molecule has 526 valence electrons. The molecule has 3 fully saturated rings. The zero-order valence-electron chi connectivity index (χ0n) is 55.6. The first-order valence-corrected chi connectivity index (χ1v) is 35.9. The SMILES string of the molecule is CCCCCCCC/C=C\CCCCCCCC(=O)NC(COC1OC(CO)C(OC2OC(CO)C(OC3OC(CO)C(O)C(O)C3O)C(O)C2O)C(O)C1O)C(O)/C=C/CC/C=C/CC/C=C/CCCCCCCCCCCCCCCCCCCCCC. The fourth-order valence-electron chi connectivity index (χ4n) is 12.0. The Bertz CT molecular complexity index is 1820. The van der Waals surface area contributed by atoms with Gasteiger partial charge in [0.15, 0.2) is 18.9 Å². The summed E-state index contributed by atoms with van der Waals surface area (Å²) in [6, 6.07) is -1.00. The lowest BCUT2D eigenvalue weighted by Gasteiger charge is -2.48. The number of carbonyl (C=O) groups excluding carboxylic acids is 1. The summed E-state index contributed by atoms with van der Waals surface area (Å²) in [4.78, 5) is 13.4. The van der Waals surface area contributed by atoms with Gasteiger partial charge in [-0.2, -0.15) is 0 Å². The van der Waals surface area contributed by atoms with Crippen molar-refractivity contribution in [2.24, 2.45) is 0 Å². The van der Waals surface area contributed by atoms with Crippen molar-refractivity contribution in [3.05, 3.63) is 48.6 Å². The molecule has 0 aromatic rings. The first-order chi connectivity index (χ1) is 43.8. The van der Waals surface area contributed by atoms with Crippen LogP contribution in [0, 0.1) is 0 Å². The molecule has 17 unspecified atom stereocenters. The van der Waals surface area contributed by atoms with E-state index in [9.17, 15) is 61.0 Å². The maximum absolute atomic E-state index is 13.4. The highest BCUT2D eigenvalue weighted by molar-refractivity contribution is 5.76. The zero-order valence-corrected chi connectivity index (χ0v) is 55.6. The standard InChI is InChI=1S/C71H129NO18/c1-3-5-7-9-11-13-15-17-19-20-21-22-23-24-25-26-27-28-29-30-31-32-33-35-36-38-40-42-44-46-48-55(76)54(72-59(77)49-47-45-43-41-39-37-34-18-16-14-12-10-8-6-4-2)53-85-69-65(83)62(80)67(57(51-74)87-69)90-71-66(84)63(81)68(58(52-75)88-71)89-70-64(82)61(79)60(78)56(50-73)86-70/h18,32-34,38,40,46,48,54-58,60-71,73-76,78-84H,3-17,19-31,35-37,39,41-45,47,49-53H2,1-2H3,(H,72,77)/b33-32+,34-18-,40-38+,48-46+. The Balaban J connectivity index is 1.42. The molecule has 17 atom stereocenters. The highest BCUT2D eigenvalue weighted by atomic mass is 16.8. The van der Waals surface area contributed by atoms with Gasteiger partial charge in [-0.05, 0) is 70.6 Å². The largest absolute Gasteiger partial charge is 0.394 e. The van der Waals surface area contributed by atoms with E-state index in [1.165, 1.54) is 167 Å². The Kier molecular flexibility index (Phi) is 48.2. The molecule has 0 aliphatic carbocycles. The minimum Gasteiger partial charge on any atom is -0.394 e. The molecule has 12 N–H and O–H groups in total. The minimum atomic E-state index is -1.98. The van der Waals surface area contributed by atoms with E-state index >= 15 is 0 Å². The highest BCUT2D eigenvalue weighted by Gasteiger charge is 2.53. The molecule has 0 aromatic heterocycles. The summed E-state index contributed by atoms with van der Waals surface area (Å²) in [5.41, 5.74) is 0. The van der Waals surface area contributed by atoms with Gasteiger partial charge in [-0.3, -0.25) is 4.79 Å². The minimum absolute atomic E-state index is 0.221. The Morgan fingerprint density at radius 1 is 0.389 bits per heavy atom. The van der Waals surface area contributed by atoms with Crippen LogP contribution in [-0.4, -0.2) is 193 Å². The zero-order chi connectivity index (χ0) is 65.4. The summed E-state index contributed by atoms with van der Waals surface area (Å²) in [5, 5.41) is 120. The van der Waals surface area contributed by atoms with Gasteiger partial charge in [-0.15, -0.1) is 0 Å². The maximum atomic E-state index is 13.4. The van der Waals surface area contributed by atoms with E-state index < -0.39 is 124 Å². The van der Waals surface area contributed by atoms with Crippen LogP contribution in [-0.2, 0) is 33.2 Å². The number of amides is 1. The number of aliphatic hydroxyl groups is 11. The van der Waals surface area contributed by atoms with E-state index in [-0.39, 0.29) is 18.9 Å². The Hall–Kier alpha value is -2.25. The van der Waals surface area contributed by atoms with Crippen molar-refractivity contribution >= 4 is 5.91 Å². The molecule has 0 bridgehead atoms. The van der Waals surface area contributed by atoms with E-state index in [4.69, 9.17) is 28.4 Å². The third kappa shape index (κ3) is 34.4. The fourth-order valence-corrected chi connectivity index (χ4v) is 12.0. The Morgan fingerprint density at radius 3 is 1.11 bits per heavy atom. The van der Waals surface area contributed by atoms with E-state index in [1.54, 1.807) is 6.08 Å². The predicted octanol–water partition coefficient (Wildman–Crippen LogP) is 9.78. The second-order valence-corrected chi connectivity index (χ2v) is 25.7. The van der Waals surface area contributed by atoms with Gasteiger partial charge in [0.1, 0.15) is 73.2 Å². The molecule has 3 aliphatic rings. The van der Waals surface area contributed by atoms with E-state index in [0.717, 1.165) is 64.2 Å². The van der Waals surface area contributed by atoms with Gasteiger partial charge < -0.3 is 89.9 Å². The number of allylic oxidation sites excluding steroid dienone is 7. The fraction of sp³-hybridized carbons (Fsp3) is 0.873. The summed E-state index contributed by atoms with van der Waals surface area (Å²) >= 11 is 0. The molecule has 19 nitrogen and oxygen atoms in total. The van der Waals surface area contributed by atoms with Crippen LogP contribution in [0.4, 0.5) is 0 Å². The number of hydrogen-bond acceptors (Lipinski definition) is 18. The van der Waals surface area contributed by atoms with Gasteiger partial charge in [0.05, 0.1) is 38.6 Å². The summed E-state index contributed by atoms with van der Waals surface area (Å²) in [6.07, 6.45) is 36.8. The van der Waals surface area contributed by atoms with Gasteiger partial charge in [-0.1, -0.05) is 236 Å². The van der Waals surface area contributed by atoms with Crippen LogP contribution in [0.25, 0.3) is 0 Å². The molecule has 3 heterocycles. The molecule has 0 saturated carbocycles. The smallest absolute Gasteiger partial charge is 0.220 e. The maximum Gasteiger partial charge on any atom is 0.220 e. The second kappa shape index (κ2) is 53.0. The number of hydrogen-bond donors (Lipinski definition) is 12. The van der Waals surface area contributed by atoms with Crippen molar-refractivity contribution in [1.29, 1.82) is 0 Å². The first kappa shape index (κ1) is 82.0. The first-order valence-electron chi connectivity index (χ1n) is 35.9. The van der Waals surface area contributed by atoms with Crippen molar-refractivity contribution in [3.63, 3.8) is 0 Å². The number of rotatable bonds is 55. The van der Waals surface area contributed by atoms with Gasteiger partial charge in [0, 0.05) is 6.42 Å². The van der Waals surface area contributed by atoms with Crippen LogP contribution in [0.1, 0.15) is 264 Å². The van der Waals surface area contributed by atoms with Gasteiger partial charge in [0.2, 0.25) is 5.91 Å². The van der Waals surface area contributed by atoms with E-state index in [2.05, 4.69) is 55.6 Å². The molecule has 19 heteroatoms. The van der Waals surface area contributed by atoms with Gasteiger partial charge in [-0.25, -0.2) is 0 Å². The molecular formula is C71H129NO18. The lowest BCUT2D eigenvalue weighted by molar-refractivity contribution is -0.379. The normalized spacial score (nSPS) is 28.3. The summed E-state index contributed by atoms with van der Waals surface area (Å²) < 4.78 is 34.3. The average molecular weight is 1280 g/mol. The van der Waals surface area contributed by atoms with Crippen LogP contribution in [0.3, 0.4) is 0 Å². The topological polar surface area (TPSA) is 307 Å². The molecule has 0 spiro atoms. The molecule has 3 rings (SSSR count). The third-order valence-electron chi connectivity index (χ3n) is 17.8. The molecule has 3 saturated heterocycles. The number of carbonyl (C=O) groups is 1. The monoisotopic (exact) mass is 1280 g/mol. The summed E-state index contributed by atoms with van der Waals surface area (Å²) in [5.74, 6) is -0.298. The lowest BCUT2D eigenvalue weighted by Crippen LogP contribution is -2.66. The van der Waals surface area contributed by atoms with Crippen molar-refractivity contribution < 1.29 is 89.4 Å². The molecule has 90 heavy (non-hydrogen) atoms. The third-order valence-corrected chi connectivity index (χ3v) is 17.8. The number of unbranched alkanes of at least 4 members (excludes halogenated alkanes) is 33. The molecular weight excluding hydrogens is 1150 g/mol. The molecule has 0 aromatic carbocycles. The van der Waals surface area contributed by atoms with E-state index in [0.29, 0.717) is 12.8 Å². The van der Waals surface area contributed by atoms with Crippen LogP contribution in [0.15, 0.2) is 48.6 Å². The lowest BCUT2D eigenvalue weighted by atomic mass is 9.96. The Labute approximate surface area is 542 Å². The molecule has 0 radical (unpaired) electrons. The quantitative estimate of drug-likeness (QED) is 0.0199. The Morgan fingerprint density at radius 2 is 0.711 bits per heavy atom.